The number of allylic oxidation sites excluding steroid dienone is 2. The summed E-state index contributed by atoms with van der Waals surface area (Å²) >= 11 is 0. The van der Waals surface area contributed by atoms with Crippen molar-refractivity contribution in [2.45, 2.75) is 78.2 Å². The van der Waals surface area contributed by atoms with Crippen LogP contribution in [-0.4, -0.2) is 65.8 Å². The Morgan fingerprint density at radius 1 is 1.07 bits per heavy atom. The van der Waals surface area contributed by atoms with Crippen LogP contribution in [0.15, 0.2) is 41.5 Å². The molecule has 0 aliphatic heterocycles. The molecule has 1 aromatic carbocycles. The van der Waals surface area contributed by atoms with E-state index in [4.69, 9.17) is 10.8 Å². The summed E-state index contributed by atoms with van der Waals surface area (Å²) < 4.78 is 28.2. The second-order valence-electron chi connectivity index (χ2n) is 10.9. The first-order chi connectivity index (χ1) is 19.1. The van der Waals surface area contributed by atoms with Gasteiger partial charge in [0.15, 0.2) is 0 Å². The van der Waals surface area contributed by atoms with Crippen LogP contribution in [0.5, 0.6) is 0 Å². The Bertz CT molecular complexity index is 1020. The zero-order chi connectivity index (χ0) is 29.7. The number of amides is 2. The topological polar surface area (TPSA) is 116 Å². The zero-order valence-electron chi connectivity index (χ0n) is 24.2. The number of primary amides is 1. The summed E-state index contributed by atoms with van der Waals surface area (Å²) in [5.41, 5.74) is 6.00. The summed E-state index contributed by atoms with van der Waals surface area (Å²) in [4.78, 5) is 28.6. The largest absolute Gasteiger partial charge is 0.396 e. The van der Waals surface area contributed by atoms with Gasteiger partial charge in [-0.05, 0) is 69.7 Å². The number of aliphatic hydroxyl groups is 2. The first-order valence-corrected chi connectivity index (χ1v) is 14.5. The van der Waals surface area contributed by atoms with Crippen LogP contribution in [0.25, 0.3) is 0 Å². The van der Waals surface area contributed by atoms with Gasteiger partial charge in [-0.2, -0.15) is 0 Å². The molecule has 5 N–H and O–H groups in total. The van der Waals surface area contributed by atoms with Crippen LogP contribution in [0.1, 0.15) is 71.3 Å². The van der Waals surface area contributed by atoms with E-state index >= 15 is 0 Å². The molecule has 224 valence electrons. The van der Waals surface area contributed by atoms with Gasteiger partial charge in [-0.1, -0.05) is 44.4 Å². The number of hydrogen-bond donors (Lipinski definition) is 4. The van der Waals surface area contributed by atoms with Crippen molar-refractivity contribution in [3.05, 3.63) is 58.7 Å². The molecule has 0 radical (unpaired) electrons. The van der Waals surface area contributed by atoms with Crippen LogP contribution in [-0.2, 0) is 16.0 Å². The molecule has 0 bridgehead atoms. The molecule has 9 heteroatoms. The van der Waals surface area contributed by atoms with Crippen LogP contribution < -0.4 is 11.1 Å². The maximum absolute atomic E-state index is 14.1. The molecule has 0 fully saturated rings. The number of unbranched alkanes of at least 4 members (excludes halogenated alkanes) is 3. The molecule has 0 aromatic heterocycles. The molecule has 2 amide bonds. The molecule has 0 spiro atoms. The van der Waals surface area contributed by atoms with Gasteiger partial charge in [-0.15, -0.1) is 0 Å². The Labute approximate surface area is 237 Å². The Hall–Kier alpha value is -2.62. The van der Waals surface area contributed by atoms with Crippen LogP contribution in [0, 0.1) is 23.0 Å². The van der Waals surface area contributed by atoms with Gasteiger partial charge in [-0.3, -0.25) is 9.59 Å². The molecule has 1 aromatic rings. The molecule has 1 aliphatic rings. The van der Waals surface area contributed by atoms with Crippen molar-refractivity contribution in [1.82, 2.24) is 10.2 Å². The smallest absolute Gasteiger partial charge is 0.249 e. The lowest BCUT2D eigenvalue weighted by Gasteiger charge is -2.42. The van der Waals surface area contributed by atoms with Gasteiger partial charge in [0, 0.05) is 43.8 Å². The van der Waals surface area contributed by atoms with Crippen molar-refractivity contribution in [3.8, 4) is 0 Å². The lowest BCUT2D eigenvalue weighted by Crippen LogP contribution is -2.52. The van der Waals surface area contributed by atoms with E-state index in [2.05, 4.69) is 5.32 Å². The highest BCUT2D eigenvalue weighted by Crippen LogP contribution is 2.44. The molecule has 7 nitrogen and oxygen atoms in total. The third-order valence-electron chi connectivity index (χ3n) is 7.50. The summed E-state index contributed by atoms with van der Waals surface area (Å²) in [6, 6.07) is 3.16. The van der Waals surface area contributed by atoms with Crippen molar-refractivity contribution in [1.29, 1.82) is 0 Å². The van der Waals surface area contributed by atoms with Crippen molar-refractivity contribution in [2.75, 3.05) is 32.8 Å². The van der Waals surface area contributed by atoms with Gasteiger partial charge in [-0.25, -0.2) is 8.78 Å². The van der Waals surface area contributed by atoms with E-state index in [1.165, 1.54) is 12.1 Å². The summed E-state index contributed by atoms with van der Waals surface area (Å²) in [5.74, 6) is -3.23. The van der Waals surface area contributed by atoms with Crippen LogP contribution in [0.3, 0.4) is 0 Å². The van der Waals surface area contributed by atoms with Gasteiger partial charge in [0.05, 0.1) is 11.5 Å². The lowest BCUT2D eigenvalue weighted by molar-refractivity contribution is -0.132. The monoisotopic (exact) mass is 563 g/mol. The minimum atomic E-state index is -1.45. The van der Waals surface area contributed by atoms with Crippen LogP contribution in [0.4, 0.5) is 8.78 Å². The highest BCUT2D eigenvalue weighted by Gasteiger charge is 2.48. The van der Waals surface area contributed by atoms with Gasteiger partial charge < -0.3 is 26.2 Å². The average molecular weight is 564 g/mol. The molecular weight excluding hydrogens is 516 g/mol. The van der Waals surface area contributed by atoms with Crippen molar-refractivity contribution >= 4 is 11.8 Å². The van der Waals surface area contributed by atoms with E-state index in [0.717, 1.165) is 44.6 Å². The number of rotatable bonds is 18. The van der Waals surface area contributed by atoms with Crippen molar-refractivity contribution in [3.63, 3.8) is 0 Å². The van der Waals surface area contributed by atoms with E-state index in [-0.39, 0.29) is 31.9 Å². The number of carbonyl (C=O) groups is 2. The van der Waals surface area contributed by atoms with Crippen LogP contribution in [0.2, 0.25) is 0 Å². The number of nitrogens with two attached hydrogens (primary N) is 1. The maximum atomic E-state index is 14.1. The first kappa shape index (κ1) is 33.6. The predicted molar refractivity (Wildman–Crippen MR) is 153 cm³/mol. The van der Waals surface area contributed by atoms with E-state index < -0.39 is 35.0 Å². The quantitative estimate of drug-likeness (QED) is 0.201. The molecule has 0 saturated carbocycles. The van der Waals surface area contributed by atoms with Gasteiger partial charge in [0.25, 0.3) is 0 Å². The second kappa shape index (κ2) is 16.6. The Morgan fingerprint density at radius 3 is 2.27 bits per heavy atom. The number of halogens is 2. The molecule has 0 saturated heterocycles. The highest BCUT2D eigenvalue weighted by atomic mass is 19.1. The third kappa shape index (κ3) is 9.49. The lowest BCUT2D eigenvalue weighted by atomic mass is 9.63. The number of aliphatic hydroxyl groups excluding tert-OH is 2. The third-order valence-corrected chi connectivity index (χ3v) is 7.50. The second-order valence-corrected chi connectivity index (χ2v) is 10.9. The van der Waals surface area contributed by atoms with Gasteiger partial charge >= 0.3 is 0 Å². The minimum Gasteiger partial charge on any atom is -0.396 e. The molecule has 3 atom stereocenters. The van der Waals surface area contributed by atoms with E-state index in [1.54, 1.807) is 24.0 Å². The molecular formula is C31H47F2N3O4. The minimum absolute atomic E-state index is 0.0108. The zero-order valence-corrected chi connectivity index (χ0v) is 24.2. The predicted octanol–water partition coefficient (Wildman–Crippen LogP) is 4.02. The summed E-state index contributed by atoms with van der Waals surface area (Å²) in [5, 5.41) is 23.6. The average Bonchev–Trinajstić information content (AvgIpc) is 2.89. The fourth-order valence-electron chi connectivity index (χ4n) is 5.67. The molecule has 1 aliphatic carbocycles. The highest BCUT2D eigenvalue weighted by molar-refractivity contribution is 5.96. The standard InChI is InChI=1S/C31H47F2N3O4/c1-4-11-36(12-5-2)29(39)24-14-22(3)19-31(20-24,30(34)40)27(17-23-15-25(32)18-26(33)16-23)28(38)21-35-10-8-6-7-9-13-37/h14-16,18-19,27-28,35,37-38H,4-13,17,20-21H2,1-3H3,(H2,34,40)/t27-,28+,31?/m1/s1. The Kier molecular flexibility index (Phi) is 13.9. The Morgan fingerprint density at radius 2 is 1.70 bits per heavy atom. The summed E-state index contributed by atoms with van der Waals surface area (Å²) in [6.07, 6.45) is 7.32. The van der Waals surface area contributed by atoms with Crippen LogP contribution >= 0.6 is 0 Å². The van der Waals surface area contributed by atoms with E-state index in [0.29, 0.717) is 36.3 Å². The maximum Gasteiger partial charge on any atom is 0.249 e. The summed E-state index contributed by atoms with van der Waals surface area (Å²) in [6.45, 7) is 7.83. The molecule has 0 heterocycles. The number of hydrogen-bond acceptors (Lipinski definition) is 5. The normalized spacial score (nSPS) is 18.6. The number of benzene rings is 1. The SMILES string of the molecule is CCCN(CCC)C(=O)C1=CC(C)=CC(C(N)=O)([C@H](Cc2cc(F)cc(F)c2)[C@@H](O)CNCCCCCCO)C1. The summed E-state index contributed by atoms with van der Waals surface area (Å²) in [7, 11) is 0. The fourth-order valence-corrected chi connectivity index (χ4v) is 5.67. The van der Waals surface area contributed by atoms with Crippen molar-refractivity contribution < 1.29 is 28.6 Å². The number of carbonyl (C=O) groups excluding carboxylic acids is 2. The van der Waals surface area contributed by atoms with Gasteiger partial charge in [0.1, 0.15) is 11.6 Å². The van der Waals surface area contributed by atoms with E-state index in [9.17, 15) is 23.5 Å². The Balaban J connectivity index is 2.41. The van der Waals surface area contributed by atoms with E-state index in [1.807, 2.05) is 13.8 Å². The number of nitrogens with zero attached hydrogens (tertiary/aromatic N) is 1. The fraction of sp³-hybridized carbons (Fsp3) is 0.613. The molecule has 2 rings (SSSR count). The molecule has 1 unspecified atom stereocenters. The van der Waals surface area contributed by atoms with Gasteiger partial charge in [0.2, 0.25) is 11.8 Å². The molecule has 40 heavy (non-hydrogen) atoms. The number of nitrogens with one attached hydrogen (secondary N) is 1. The van der Waals surface area contributed by atoms with Crippen molar-refractivity contribution in [2.24, 2.45) is 17.1 Å². The first-order valence-electron chi connectivity index (χ1n) is 14.5.